The van der Waals surface area contributed by atoms with E-state index in [4.69, 9.17) is 10.5 Å². The monoisotopic (exact) mass is 320 g/mol. The molecule has 9 heteroatoms. The summed E-state index contributed by atoms with van der Waals surface area (Å²) in [6.07, 6.45) is 1.08. The van der Waals surface area contributed by atoms with Crippen LogP contribution in [-0.4, -0.2) is 54.1 Å². The number of carbonyl (C=O) groups is 1. The average Bonchev–Trinajstić information content (AvgIpc) is 2.76. The number of carbonyl (C=O) groups excluding carboxylic acids is 1. The number of rotatable bonds is 3. The Balaban J connectivity index is 2.57. The van der Waals surface area contributed by atoms with Gasteiger partial charge in [-0.1, -0.05) is 0 Å². The van der Waals surface area contributed by atoms with E-state index in [0.717, 1.165) is 17.6 Å². The highest BCUT2D eigenvalue weighted by Gasteiger charge is 2.30. The lowest BCUT2D eigenvalue weighted by Gasteiger charge is -2.28. The van der Waals surface area contributed by atoms with Gasteiger partial charge in [-0.25, -0.2) is 13.2 Å². The van der Waals surface area contributed by atoms with E-state index in [1.165, 1.54) is 7.11 Å². The van der Waals surface area contributed by atoms with Crippen LogP contribution in [0, 0.1) is 0 Å². The van der Waals surface area contributed by atoms with Crippen molar-refractivity contribution in [3.63, 3.8) is 0 Å². The molecule has 2 heterocycles. The van der Waals surface area contributed by atoms with Gasteiger partial charge in [-0.2, -0.15) is 0 Å². The van der Waals surface area contributed by atoms with Crippen LogP contribution in [0.2, 0.25) is 0 Å². The minimum atomic E-state index is -3.54. The number of ether oxygens (including phenoxy) is 2. The summed E-state index contributed by atoms with van der Waals surface area (Å²) in [7, 11) is -2.31. The van der Waals surface area contributed by atoms with Gasteiger partial charge in [-0.15, -0.1) is 11.3 Å². The third-order valence-corrected chi connectivity index (χ3v) is 5.45. The van der Waals surface area contributed by atoms with Gasteiger partial charge in [0.05, 0.1) is 26.0 Å². The van der Waals surface area contributed by atoms with Crippen LogP contribution < -0.4 is 10.6 Å². The molecule has 0 amide bonds. The molecule has 1 aromatic heterocycles. The molecule has 1 aromatic rings. The summed E-state index contributed by atoms with van der Waals surface area (Å²) in [5.74, 6) is -0.628. The van der Waals surface area contributed by atoms with E-state index in [2.05, 4.69) is 4.74 Å². The minimum absolute atomic E-state index is 0.00444. The van der Waals surface area contributed by atoms with Gasteiger partial charge in [-0.3, -0.25) is 0 Å². The molecule has 20 heavy (non-hydrogen) atoms. The Morgan fingerprint density at radius 1 is 1.40 bits per heavy atom. The van der Waals surface area contributed by atoms with Gasteiger partial charge in [0, 0.05) is 19.3 Å². The molecule has 1 saturated heterocycles. The SMILES string of the molecule is COC(=O)c1sc(N2CCOCC2)c(S(C)(=O)=O)c1N. The molecule has 1 aliphatic rings. The second kappa shape index (κ2) is 5.58. The molecule has 0 unspecified atom stereocenters. The summed E-state index contributed by atoms with van der Waals surface area (Å²) in [6.45, 7) is 2.13. The van der Waals surface area contributed by atoms with E-state index >= 15 is 0 Å². The number of methoxy groups -OCH3 is 1. The number of thiophene rings is 1. The van der Waals surface area contributed by atoms with Crippen LogP contribution in [0.3, 0.4) is 0 Å². The highest BCUT2D eigenvalue weighted by Crippen LogP contribution is 2.42. The molecule has 0 bridgehead atoms. The van der Waals surface area contributed by atoms with Gasteiger partial charge in [0.25, 0.3) is 0 Å². The van der Waals surface area contributed by atoms with E-state index in [9.17, 15) is 13.2 Å². The van der Waals surface area contributed by atoms with Gasteiger partial charge >= 0.3 is 5.97 Å². The zero-order chi connectivity index (χ0) is 14.9. The number of anilines is 2. The summed E-state index contributed by atoms with van der Waals surface area (Å²) < 4.78 is 33.8. The first-order valence-corrected chi connectivity index (χ1v) is 8.60. The maximum Gasteiger partial charge on any atom is 0.350 e. The van der Waals surface area contributed by atoms with Crippen molar-refractivity contribution in [3.8, 4) is 0 Å². The first-order valence-electron chi connectivity index (χ1n) is 5.89. The smallest absolute Gasteiger partial charge is 0.350 e. The Kier molecular flexibility index (Phi) is 4.21. The molecule has 1 fully saturated rings. The highest BCUT2D eigenvalue weighted by molar-refractivity contribution is 7.91. The molecule has 0 aromatic carbocycles. The number of hydrogen-bond donors (Lipinski definition) is 1. The van der Waals surface area contributed by atoms with Gasteiger partial charge in [0.1, 0.15) is 14.8 Å². The van der Waals surface area contributed by atoms with Gasteiger partial charge in [0.2, 0.25) is 0 Å². The van der Waals surface area contributed by atoms with Crippen molar-refractivity contribution >= 4 is 37.8 Å². The predicted octanol–water partition coefficient (Wildman–Crippen LogP) is 0.357. The van der Waals surface area contributed by atoms with Crippen molar-refractivity contribution in [2.75, 3.05) is 50.3 Å². The number of morpholine rings is 1. The lowest BCUT2D eigenvalue weighted by atomic mass is 10.3. The molecule has 112 valence electrons. The molecule has 0 saturated carbocycles. The van der Waals surface area contributed by atoms with Crippen molar-refractivity contribution in [2.24, 2.45) is 0 Å². The Hall–Kier alpha value is -1.32. The van der Waals surface area contributed by atoms with Crippen LogP contribution in [0.4, 0.5) is 10.7 Å². The third kappa shape index (κ3) is 2.74. The Morgan fingerprint density at radius 3 is 2.50 bits per heavy atom. The lowest BCUT2D eigenvalue weighted by Crippen LogP contribution is -2.36. The third-order valence-electron chi connectivity index (χ3n) is 2.92. The minimum Gasteiger partial charge on any atom is -0.465 e. The van der Waals surface area contributed by atoms with Crippen molar-refractivity contribution in [1.82, 2.24) is 0 Å². The summed E-state index contributed by atoms with van der Waals surface area (Å²) in [5, 5.41) is 0.480. The summed E-state index contributed by atoms with van der Waals surface area (Å²) in [6, 6.07) is 0. The predicted molar refractivity (Wildman–Crippen MR) is 76.2 cm³/mol. The molecule has 0 aliphatic carbocycles. The van der Waals surface area contributed by atoms with Crippen LogP contribution in [0.15, 0.2) is 4.90 Å². The lowest BCUT2D eigenvalue weighted by molar-refractivity contribution is 0.0607. The second-order valence-electron chi connectivity index (χ2n) is 4.34. The first kappa shape index (κ1) is 15.1. The molecule has 0 radical (unpaired) electrons. The molecule has 0 spiro atoms. The Morgan fingerprint density at radius 2 is 2.00 bits per heavy atom. The fourth-order valence-corrected chi connectivity index (χ4v) is 4.67. The fourth-order valence-electron chi connectivity index (χ4n) is 1.99. The number of nitrogen functional groups attached to an aromatic ring is 1. The second-order valence-corrected chi connectivity index (χ2v) is 7.29. The molecular weight excluding hydrogens is 304 g/mol. The van der Waals surface area contributed by atoms with Crippen molar-refractivity contribution in [3.05, 3.63) is 4.88 Å². The van der Waals surface area contributed by atoms with Crippen molar-refractivity contribution < 1.29 is 22.7 Å². The Bertz CT molecular complexity index is 617. The normalized spacial score (nSPS) is 16.2. The van der Waals surface area contributed by atoms with Crippen molar-refractivity contribution in [1.29, 1.82) is 0 Å². The number of nitrogens with two attached hydrogens (primary N) is 1. The summed E-state index contributed by atoms with van der Waals surface area (Å²) in [4.78, 5) is 13.7. The van der Waals surface area contributed by atoms with E-state index in [1.807, 2.05) is 4.90 Å². The van der Waals surface area contributed by atoms with E-state index in [0.29, 0.717) is 31.3 Å². The van der Waals surface area contributed by atoms with Gasteiger partial charge < -0.3 is 20.1 Å². The zero-order valence-electron chi connectivity index (χ0n) is 11.2. The quantitative estimate of drug-likeness (QED) is 0.803. The molecule has 2 rings (SSSR count). The van der Waals surface area contributed by atoms with Crippen LogP contribution in [-0.2, 0) is 19.3 Å². The van der Waals surface area contributed by atoms with Gasteiger partial charge in [0.15, 0.2) is 9.84 Å². The highest BCUT2D eigenvalue weighted by atomic mass is 32.2. The molecule has 2 N–H and O–H groups in total. The topological polar surface area (TPSA) is 98.9 Å². The number of hydrogen-bond acceptors (Lipinski definition) is 8. The standard InChI is InChI=1S/C11H16N2O5S2/c1-17-11(14)8-7(12)9(20(2,15)16)10(19-8)13-3-5-18-6-4-13/h3-6,12H2,1-2H3. The summed E-state index contributed by atoms with van der Waals surface area (Å²) >= 11 is 1.04. The summed E-state index contributed by atoms with van der Waals surface area (Å²) in [5.41, 5.74) is 5.81. The van der Waals surface area contributed by atoms with E-state index < -0.39 is 15.8 Å². The largest absolute Gasteiger partial charge is 0.465 e. The first-order chi connectivity index (χ1) is 9.36. The zero-order valence-corrected chi connectivity index (χ0v) is 12.8. The number of sulfone groups is 1. The van der Waals surface area contributed by atoms with Crippen LogP contribution in [0.5, 0.6) is 0 Å². The average molecular weight is 320 g/mol. The number of esters is 1. The molecule has 7 nitrogen and oxygen atoms in total. The van der Waals surface area contributed by atoms with Crippen LogP contribution >= 0.6 is 11.3 Å². The molecular formula is C11H16N2O5S2. The number of nitrogens with zero attached hydrogens (tertiary/aromatic N) is 1. The van der Waals surface area contributed by atoms with Gasteiger partial charge in [-0.05, 0) is 0 Å². The maximum absolute atomic E-state index is 12.0. The Labute approximate surface area is 121 Å². The van der Waals surface area contributed by atoms with Crippen LogP contribution in [0.1, 0.15) is 9.67 Å². The van der Waals surface area contributed by atoms with E-state index in [-0.39, 0.29) is 15.5 Å². The van der Waals surface area contributed by atoms with Crippen molar-refractivity contribution in [2.45, 2.75) is 4.90 Å². The van der Waals surface area contributed by atoms with Crippen LogP contribution in [0.25, 0.3) is 0 Å². The maximum atomic E-state index is 12.0. The molecule has 0 atom stereocenters. The fraction of sp³-hybridized carbons (Fsp3) is 0.545. The molecule has 1 aliphatic heterocycles. The van der Waals surface area contributed by atoms with E-state index in [1.54, 1.807) is 0 Å².